The molecule has 0 bridgehead atoms. The van der Waals surface area contributed by atoms with Gasteiger partial charge in [0, 0.05) is 12.8 Å². The Morgan fingerprint density at radius 3 is 2.02 bits per heavy atom. The first-order valence-electron chi connectivity index (χ1n) is 14.0. The van der Waals surface area contributed by atoms with Crippen molar-refractivity contribution in [2.45, 2.75) is 50.3 Å². The van der Waals surface area contributed by atoms with Crippen LogP contribution in [0.4, 0.5) is 0 Å². The van der Waals surface area contributed by atoms with Crippen LogP contribution in [0.25, 0.3) is 12.2 Å². The van der Waals surface area contributed by atoms with E-state index in [1.807, 2.05) is 0 Å². The molecule has 13 nitrogen and oxygen atoms in total. The first-order chi connectivity index (χ1) is 21.5. The highest BCUT2D eigenvalue weighted by atomic mass is 16.6. The Kier molecular flexibility index (Phi) is 12.9. The van der Waals surface area contributed by atoms with E-state index in [-0.39, 0.29) is 48.7 Å². The molecule has 1 aliphatic rings. The summed E-state index contributed by atoms with van der Waals surface area (Å²) in [6.07, 6.45) is -1.47. The lowest BCUT2D eigenvalue weighted by Crippen LogP contribution is -2.57. The van der Waals surface area contributed by atoms with E-state index in [9.17, 15) is 44.7 Å². The maximum Gasteiger partial charge on any atom is 0.311 e. The van der Waals surface area contributed by atoms with Crippen LogP contribution in [0, 0.1) is 5.92 Å². The monoisotopic (exact) mass is 628 g/mol. The van der Waals surface area contributed by atoms with Gasteiger partial charge in [-0.15, -0.1) is 0 Å². The first-order valence-corrected chi connectivity index (χ1v) is 14.0. The number of phenols is 1. The van der Waals surface area contributed by atoms with Crippen LogP contribution >= 0.6 is 0 Å². The summed E-state index contributed by atoms with van der Waals surface area (Å²) in [4.78, 5) is 49.5. The van der Waals surface area contributed by atoms with Gasteiger partial charge in [-0.25, -0.2) is 0 Å². The maximum atomic E-state index is 12.6. The van der Waals surface area contributed by atoms with Crippen molar-refractivity contribution in [1.82, 2.24) is 0 Å². The molecule has 2 aromatic carbocycles. The Morgan fingerprint density at radius 1 is 0.822 bits per heavy atom. The molecular formula is C32H36O13. The van der Waals surface area contributed by atoms with Crippen LogP contribution in [-0.4, -0.2) is 94.3 Å². The second kappa shape index (κ2) is 16.6. The van der Waals surface area contributed by atoms with Gasteiger partial charge < -0.3 is 44.5 Å². The van der Waals surface area contributed by atoms with E-state index in [1.165, 1.54) is 56.7 Å². The molecule has 1 saturated heterocycles. The summed E-state index contributed by atoms with van der Waals surface area (Å²) in [6, 6.07) is 9.10. The predicted octanol–water partition coefficient (Wildman–Crippen LogP) is 1.36. The molecule has 13 heteroatoms. The summed E-state index contributed by atoms with van der Waals surface area (Å²) in [5.74, 6) is -3.06. The second-order valence-corrected chi connectivity index (χ2v) is 10.2. The van der Waals surface area contributed by atoms with E-state index in [2.05, 4.69) is 0 Å². The Hall–Kier alpha value is -4.40. The third kappa shape index (κ3) is 9.80. The van der Waals surface area contributed by atoms with E-state index in [1.54, 1.807) is 18.2 Å². The first kappa shape index (κ1) is 35.1. The highest BCUT2D eigenvalue weighted by Gasteiger charge is 2.46. The third-order valence-corrected chi connectivity index (χ3v) is 6.97. The molecule has 0 aliphatic carbocycles. The zero-order valence-electron chi connectivity index (χ0n) is 24.7. The van der Waals surface area contributed by atoms with Gasteiger partial charge in [-0.1, -0.05) is 24.3 Å². The van der Waals surface area contributed by atoms with Crippen molar-refractivity contribution >= 4 is 35.5 Å². The molecule has 3 rings (SSSR count). The number of Topliss-reactive ketones (excluding diaryl/α,β-unsaturated/α-hetero) is 1. The molecule has 45 heavy (non-hydrogen) atoms. The average Bonchev–Trinajstić information content (AvgIpc) is 3.01. The molecule has 1 aliphatic heterocycles. The summed E-state index contributed by atoms with van der Waals surface area (Å²) in [6.45, 7) is -0.662. The fraction of sp³-hybridized carbons (Fsp3) is 0.375. The van der Waals surface area contributed by atoms with Crippen LogP contribution in [0.2, 0.25) is 0 Å². The van der Waals surface area contributed by atoms with Gasteiger partial charge in [-0.05, 0) is 54.0 Å². The molecule has 2 aromatic rings. The zero-order valence-corrected chi connectivity index (χ0v) is 24.7. The minimum Gasteiger partial charge on any atom is -0.504 e. The van der Waals surface area contributed by atoms with Gasteiger partial charge in [0.25, 0.3) is 0 Å². The van der Waals surface area contributed by atoms with Gasteiger partial charge in [-0.3, -0.25) is 19.2 Å². The molecule has 0 saturated carbocycles. The largest absolute Gasteiger partial charge is 0.504 e. The number of aliphatic hydroxyl groups is 4. The van der Waals surface area contributed by atoms with Crippen molar-refractivity contribution in [2.75, 3.05) is 20.8 Å². The number of methoxy groups -OCH3 is 2. The summed E-state index contributed by atoms with van der Waals surface area (Å²) in [7, 11) is 2.76. The van der Waals surface area contributed by atoms with Gasteiger partial charge >= 0.3 is 5.97 Å². The van der Waals surface area contributed by atoms with Gasteiger partial charge in [0.15, 0.2) is 40.9 Å². The molecule has 0 amide bonds. The highest BCUT2D eigenvalue weighted by molar-refractivity contribution is 6.10. The Balaban J connectivity index is 1.50. The van der Waals surface area contributed by atoms with Crippen LogP contribution in [0.5, 0.6) is 23.0 Å². The Morgan fingerprint density at radius 2 is 1.42 bits per heavy atom. The number of aromatic hydroxyl groups is 1. The number of ketones is 3. The predicted molar refractivity (Wildman–Crippen MR) is 158 cm³/mol. The Labute approximate surface area is 258 Å². The quantitative estimate of drug-likeness (QED) is 0.0818. The molecule has 1 heterocycles. The average molecular weight is 629 g/mol. The van der Waals surface area contributed by atoms with Crippen LogP contribution < -0.4 is 14.2 Å². The standard InChI is InChI=1S/C32H36O13/c1-42-25-14-18(8-12-22(25)36)6-10-20(34)16-21(35)11-7-19-9-13-24(26(15-19)43-2)44-28(38)5-3-4-23(37)29-30(39)27(17-33)45-32(41)31(29)40/h6-15,27,29-33,36,39-41H,3-5,16-17H2,1-2H3/b10-6+,11-7+/t27-,29+,30-,31-,32-/m1/s1. The molecule has 5 atom stereocenters. The van der Waals surface area contributed by atoms with Crippen LogP contribution in [0.1, 0.15) is 36.8 Å². The maximum absolute atomic E-state index is 12.6. The molecule has 0 radical (unpaired) electrons. The van der Waals surface area contributed by atoms with Gasteiger partial charge in [0.2, 0.25) is 0 Å². The number of ether oxygens (including phenoxy) is 4. The molecule has 1 fully saturated rings. The fourth-order valence-corrected chi connectivity index (χ4v) is 4.57. The van der Waals surface area contributed by atoms with Crippen molar-refractivity contribution in [2.24, 2.45) is 5.92 Å². The minimum atomic E-state index is -1.75. The smallest absolute Gasteiger partial charge is 0.311 e. The third-order valence-electron chi connectivity index (χ3n) is 6.97. The number of phenolic OH excluding ortho intramolecular Hbond substituents is 1. The Bertz CT molecular complexity index is 1430. The van der Waals surface area contributed by atoms with Crippen molar-refractivity contribution in [3.63, 3.8) is 0 Å². The van der Waals surface area contributed by atoms with Crippen molar-refractivity contribution in [3.8, 4) is 23.0 Å². The summed E-state index contributed by atoms with van der Waals surface area (Å²) >= 11 is 0. The summed E-state index contributed by atoms with van der Waals surface area (Å²) in [5, 5.41) is 49.0. The number of carbonyl (C=O) groups is 4. The van der Waals surface area contributed by atoms with E-state index >= 15 is 0 Å². The molecule has 0 aromatic heterocycles. The number of hydrogen-bond donors (Lipinski definition) is 5. The van der Waals surface area contributed by atoms with E-state index in [0.29, 0.717) is 11.1 Å². The number of aliphatic hydroxyl groups excluding tert-OH is 4. The van der Waals surface area contributed by atoms with Crippen molar-refractivity contribution in [1.29, 1.82) is 0 Å². The SMILES string of the molecule is COc1cc(/C=C/C(=O)CC(=O)/C=C/c2ccc(OC(=O)CCCC(=O)[C@@H]3[C@@H](O)[C@H](O)O[C@H](CO)[C@H]3O)c(OC)c2)ccc1O. The van der Waals surface area contributed by atoms with Crippen molar-refractivity contribution < 1.29 is 63.7 Å². The minimum absolute atomic E-state index is 0.0244. The van der Waals surface area contributed by atoms with Crippen LogP contribution in [-0.2, 0) is 23.9 Å². The lowest BCUT2D eigenvalue weighted by atomic mass is 9.84. The number of benzene rings is 2. The molecule has 0 unspecified atom stereocenters. The molecular weight excluding hydrogens is 592 g/mol. The van der Waals surface area contributed by atoms with Crippen LogP contribution in [0.3, 0.4) is 0 Å². The number of hydrogen-bond acceptors (Lipinski definition) is 13. The summed E-state index contributed by atoms with van der Waals surface area (Å²) < 4.78 is 20.5. The van der Waals surface area contributed by atoms with Gasteiger partial charge in [0.1, 0.15) is 18.0 Å². The van der Waals surface area contributed by atoms with Gasteiger partial charge in [0.05, 0.1) is 39.3 Å². The summed E-state index contributed by atoms with van der Waals surface area (Å²) in [5.41, 5.74) is 1.14. The van der Waals surface area contributed by atoms with E-state index in [0.717, 1.165) is 0 Å². The lowest BCUT2D eigenvalue weighted by Gasteiger charge is -2.39. The lowest BCUT2D eigenvalue weighted by molar-refractivity contribution is -0.269. The fourth-order valence-electron chi connectivity index (χ4n) is 4.57. The van der Waals surface area contributed by atoms with E-state index in [4.69, 9.17) is 18.9 Å². The van der Waals surface area contributed by atoms with Crippen LogP contribution in [0.15, 0.2) is 48.6 Å². The van der Waals surface area contributed by atoms with Crippen molar-refractivity contribution in [3.05, 3.63) is 59.7 Å². The normalized spacial score (nSPS) is 21.5. The van der Waals surface area contributed by atoms with E-state index < -0.39 is 60.4 Å². The number of allylic oxidation sites excluding steroid dienone is 2. The number of carbonyl (C=O) groups excluding carboxylic acids is 4. The zero-order chi connectivity index (χ0) is 33.1. The topological polar surface area (TPSA) is 206 Å². The van der Waals surface area contributed by atoms with Gasteiger partial charge in [-0.2, -0.15) is 0 Å². The second-order valence-electron chi connectivity index (χ2n) is 10.2. The molecule has 0 spiro atoms. The molecule has 5 N–H and O–H groups in total. The number of esters is 1. The number of rotatable bonds is 15. The highest BCUT2D eigenvalue weighted by Crippen LogP contribution is 2.30. The molecule has 242 valence electrons.